The van der Waals surface area contributed by atoms with Crippen LogP contribution in [0.4, 0.5) is 38.1 Å². The molecular weight excluding hydrogens is 456 g/mol. The number of halogens is 6. The lowest BCUT2D eigenvalue weighted by Gasteiger charge is -2.62. The first kappa shape index (κ1) is 26.6. The number of aromatic amines is 1. The number of aliphatic hydroxyl groups is 1. The van der Waals surface area contributed by atoms with E-state index in [9.17, 15) is 31.4 Å². The number of pyridine rings is 1. The van der Waals surface area contributed by atoms with Crippen molar-refractivity contribution in [1.29, 1.82) is 0 Å². The Balaban J connectivity index is 0.00000385. The van der Waals surface area contributed by atoms with Gasteiger partial charge >= 0.3 is 12.4 Å². The predicted octanol–water partition coefficient (Wildman–Crippen LogP) is 3.97. The second-order valence-electron chi connectivity index (χ2n) is 9.01. The fourth-order valence-electron chi connectivity index (χ4n) is 4.49. The minimum Gasteiger partial charge on any atom is -0.870 e. The van der Waals surface area contributed by atoms with Crippen LogP contribution in [0.3, 0.4) is 0 Å². The van der Waals surface area contributed by atoms with Gasteiger partial charge in [-0.3, -0.25) is 0 Å². The number of aliphatic hydroxyl groups excluding tert-OH is 1. The zero-order chi connectivity index (χ0) is 24.1. The number of hydrogen-bond donors (Lipinski definition) is 3. The fourth-order valence-corrected chi connectivity index (χ4v) is 4.49. The lowest BCUT2D eigenvalue weighted by atomic mass is 9.49. The highest BCUT2D eigenvalue weighted by Gasteiger charge is 2.61. The van der Waals surface area contributed by atoms with Gasteiger partial charge in [0.1, 0.15) is 11.4 Å². The van der Waals surface area contributed by atoms with Crippen LogP contribution in [0.5, 0.6) is 0 Å². The molecule has 13 heteroatoms. The molecule has 1 saturated carbocycles. The van der Waals surface area contributed by atoms with Crippen molar-refractivity contribution in [2.45, 2.75) is 58.7 Å². The summed E-state index contributed by atoms with van der Waals surface area (Å²) in [7, 11) is 0. The highest BCUT2D eigenvalue weighted by molar-refractivity contribution is 5.51. The maximum atomic E-state index is 13.5. The summed E-state index contributed by atoms with van der Waals surface area (Å²) in [6.07, 6.45) is -7.26. The van der Waals surface area contributed by atoms with Gasteiger partial charge in [0.05, 0.1) is 11.7 Å². The Kier molecular flexibility index (Phi) is 6.92. The van der Waals surface area contributed by atoms with E-state index in [4.69, 9.17) is 0 Å². The summed E-state index contributed by atoms with van der Waals surface area (Å²) < 4.78 is 80.1. The van der Waals surface area contributed by atoms with Gasteiger partial charge in [-0.25, -0.2) is 9.97 Å². The number of aromatic nitrogens is 3. The summed E-state index contributed by atoms with van der Waals surface area (Å²) in [5, 5.41) is 15.7. The van der Waals surface area contributed by atoms with E-state index in [2.05, 4.69) is 25.6 Å². The van der Waals surface area contributed by atoms with Crippen LogP contribution in [0.15, 0.2) is 24.7 Å². The second kappa shape index (κ2) is 8.60. The third-order valence-electron chi connectivity index (χ3n) is 5.96. The van der Waals surface area contributed by atoms with Crippen molar-refractivity contribution in [3.05, 3.63) is 41.3 Å². The van der Waals surface area contributed by atoms with Crippen LogP contribution in [0.1, 0.15) is 44.4 Å². The number of alkyl halides is 6. The zero-order valence-corrected chi connectivity index (χ0v) is 18.2. The fraction of sp³-hybridized carbons (Fsp3) is 0.550. The molecule has 0 aromatic carbocycles. The number of H-pyrrole nitrogens is 1. The van der Waals surface area contributed by atoms with E-state index in [1.165, 1.54) is 0 Å². The molecular formula is C20H25F6N5O2. The smallest absolute Gasteiger partial charge is 0.421 e. The van der Waals surface area contributed by atoms with E-state index >= 15 is 0 Å². The molecule has 33 heavy (non-hydrogen) atoms. The summed E-state index contributed by atoms with van der Waals surface area (Å²) in [5.41, 5.74) is -3.61. The molecule has 0 radical (unpaired) electrons. The largest absolute Gasteiger partial charge is 0.870 e. The van der Waals surface area contributed by atoms with Crippen molar-refractivity contribution in [1.82, 2.24) is 9.97 Å². The van der Waals surface area contributed by atoms with Crippen LogP contribution in [-0.2, 0) is 18.9 Å². The first-order valence-corrected chi connectivity index (χ1v) is 9.75. The van der Waals surface area contributed by atoms with E-state index < -0.39 is 52.3 Å². The van der Waals surface area contributed by atoms with Gasteiger partial charge in [0, 0.05) is 41.2 Å². The van der Waals surface area contributed by atoms with E-state index in [0.717, 1.165) is 18.5 Å². The summed E-state index contributed by atoms with van der Waals surface area (Å²) >= 11 is 0. The molecule has 3 rings (SSSR count). The highest BCUT2D eigenvalue weighted by Crippen LogP contribution is 2.55. The molecule has 184 valence electrons. The van der Waals surface area contributed by atoms with E-state index in [1.54, 1.807) is 27.7 Å². The van der Waals surface area contributed by atoms with Gasteiger partial charge in [-0.2, -0.15) is 31.3 Å². The van der Waals surface area contributed by atoms with Crippen molar-refractivity contribution in [3.63, 3.8) is 0 Å². The molecule has 1 fully saturated rings. The van der Waals surface area contributed by atoms with Crippen molar-refractivity contribution in [2.24, 2.45) is 10.8 Å². The van der Waals surface area contributed by atoms with E-state index in [1.807, 2.05) is 0 Å². The Labute approximate surface area is 186 Å². The molecule has 0 amide bonds. The standard InChI is InChI=1S/C20H23F6N5O.H2O/c1-17(2)14(18(3,4)15(17)32)30-13-12(20(24,25)26)9-29-16(31-13)28-8-10-7-27-6-5-11(10)19(21,22)23;/h5-7,9,14-15,32H,8H2,1-4H3,(H2,28,29,30,31);1H2. The lowest BCUT2D eigenvalue weighted by molar-refractivity contribution is -0.379. The topological polar surface area (TPSA) is 114 Å². The monoisotopic (exact) mass is 481 g/mol. The van der Waals surface area contributed by atoms with E-state index in [0.29, 0.717) is 6.20 Å². The first-order chi connectivity index (χ1) is 14.6. The van der Waals surface area contributed by atoms with Gasteiger partial charge in [0.25, 0.3) is 0 Å². The van der Waals surface area contributed by atoms with Crippen molar-refractivity contribution < 1.29 is 41.9 Å². The van der Waals surface area contributed by atoms with Crippen LogP contribution in [0.25, 0.3) is 0 Å². The summed E-state index contributed by atoms with van der Waals surface area (Å²) in [4.78, 5) is 10.1. The van der Waals surface area contributed by atoms with Crippen LogP contribution in [-0.4, -0.2) is 32.7 Å². The van der Waals surface area contributed by atoms with Gasteiger partial charge in [-0.05, 0) is 0 Å². The van der Waals surface area contributed by atoms with Gasteiger partial charge < -0.3 is 21.2 Å². The second-order valence-corrected chi connectivity index (χ2v) is 9.01. The summed E-state index contributed by atoms with van der Waals surface area (Å²) in [6.45, 7) is 6.52. The molecule has 2 aromatic rings. The number of nitrogens with zero attached hydrogens (tertiary/aromatic N) is 2. The molecule has 1 aliphatic rings. The quantitative estimate of drug-likeness (QED) is 0.557. The number of anilines is 2. The molecule has 0 bridgehead atoms. The molecule has 7 nitrogen and oxygen atoms in total. The molecule has 5 N–H and O–H groups in total. The van der Waals surface area contributed by atoms with Crippen LogP contribution >= 0.6 is 0 Å². The van der Waals surface area contributed by atoms with Crippen LogP contribution < -0.4 is 15.6 Å². The number of hydrogen-bond acceptors (Lipinski definition) is 6. The predicted molar refractivity (Wildman–Crippen MR) is 105 cm³/mol. The molecule has 0 unspecified atom stereocenters. The third-order valence-corrected chi connectivity index (χ3v) is 5.96. The van der Waals surface area contributed by atoms with Crippen LogP contribution in [0.2, 0.25) is 0 Å². The SMILES string of the molecule is CC1(C)C(O)C(C)(C)C1Nc1nc(NCc2c[nH+]ccc2C(F)(F)F)ncc1C(F)(F)F.[OH-]. The van der Waals surface area contributed by atoms with Crippen LogP contribution in [0, 0.1) is 10.8 Å². The Morgan fingerprint density at radius 3 is 2.15 bits per heavy atom. The molecule has 2 heterocycles. The first-order valence-electron chi connectivity index (χ1n) is 9.75. The Hall–Kier alpha value is -2.67. The van der Waals surface area contributed by atoms with Gasteiger partial charge in [-0.1, -0.05) is 27.7 Å². The Morgan fingerprint density at radius 2 is 1.61 bits per heavy atom. The molecule has 2 aromatic heterocycles. The maximum Gasteiger partial charge on any atom is 0.421 e. The number of rotatable bonds is 5. The minimum atomic E-state index is -4.75. The summed E-state index contributed by atoms with van der Waals surface area (Å²) in [6, 6.07) is 0.318. The molecule has 0 saturated heterocycles. The van der Waals surface area contributed by atoms with Gasteiger partial charge in [0.2, 0.25) is 5.95 Å². The average Bonchev–Trinajstić information content (AvgIpc) is 2.68. The van der Waals surface area contributed by atoms with Gasteiger partial charge in [0.15, 0.2) is 12.4 Å². The Morgan fingerprint density at radius 1 is 1.03 bits per heavy atom. The maximum absolute atomic E-state index is 13.5. The van der Waals surface area contributed by atoms with Gasteiger partial charge in [-0.15, -0.1) is 0 Å². The molecule has 1 aliphatic carbocycles. The normalized spacial score (nSPS) is 21.5. The molecule has 0 aliphatic heterocycles. The average molecular weight is 481 g/mol. The minimum absolute atomic E-state index is 0. The number of nitrogens with one attached hydrogen (secondary N) is 3. The highest BCUT2D eigenvalue weighted by atomic mass is 19.4. The zero-order valence-electron chi connectivity index (χ0n) is 18.2. The van der Waals surface area contributed by atoms with Crippen molar-refractivity contribution in [3.8, 4) is 0 Å². The third kappa shape index (κ3) is 4.98. The van der Waals surface area contributed by atoms with E-state index in [-0.39, 0.29) is 23.5 Å². The lowest BCUT2D eigenvalue weighted by Crippen LogP contribution is -2.70. The molecule has 0 atom stereocenters. The summed E-state index contributed by atoms with van der Waals surface area (Å²) in [5.74, 6) is -0.781. The van der Waals surface area contributed by atoms with Crippen molar-refractivity contribution >= 4 is 11.8 Å². The Bertz CT molecular complexity index is 978. The van der Waals surface area contributed by atoms with Crippen molar-refractivity contribution in [2.75, 3.05) is 10.6 Å². The molecule has 0 spiro atoms.